The summed E-state index contributed by atoms with van der Waals surface area (Å²) in [5.74, 6) is -1.42. The number of ketones is 1. The number of carbonyl (C=O) groups is 2. The quantitative estimate of drug-likeness (QED) is 0.848. The molecule has 2 rings (SSSR count). The van der Waals surface area contributed by atoms with E-state index >= 15 is 0 Å². The van der Waals surface area contributed by atoms with E-state index in [1.165, 1.54) is 12.1 Å². The van der Waals surface area contributed by atoms with Crippen LogP contribution in [0.25, 0.3) is 0 Å². The van der Waals surface area contributed by atoms with Crippen molar-refractivity contribution in [2.24, 2.45) is 0 Å². The Labute approximate surface area is 126 Å². The van der Waals surface area contributed by atoms with E-state index in [1.807, 2.05) is 0 Å². The van der Waals surface area contributed by atoms with Crippen LogP contribution in [0.15, 0.2) is 12.1 Å². The summed E-state index contributed by atoms with van der Waals surface area (Å²) in [6.07, 6.45) is 0. The van der Waals surface area contributed by atoms with Crippen LogP contribution in [0.4, 0.5) is 0 Å². The molecule has 2 unspecified atom stereocenters. The molecule has 0 aromatic heterocycles. The maximum atomic E-state index is 12.3. The molecule has 2 atom stereocenters. The monoisotopic (exact) mass is 316 g/mol. The van der Waals surface area contributed by atoms with Gasteiger partial charge >= 0.3 is 0 Å². The minimum Gasteiger partial charge on any atom is -0.495 e. The average molecular weight is 317 g/mol. The first-order valence-corrected chi connectivity index (χ1v) is 6.73. The minimum atomic E-state index is -1.02. The van der Waals surface area contributed by atoms with Crippen molar-refractivity contribution in [2.45, 2.75) is 18.9 Å². The first-order chi connectivity index (χ1) is 9.38. The Morgan fingerprint density at radius 3 is 2.45 bits per heavy atom. The molecule has 7 heteroatoms. The zero-order valence-electron chi connectivity index (χ0n) is 11.2. The molecule has 0 aliphatic carbocycles. The molecule has 1 heterocycles. The third-order valence-corrected chi connectivity index (χ3v) is 3.89. The van der Waals surface area contributed by atoms with Crippen LogP contribution in [0.1, 0.15) is 18.4 Å². The van der Waals surface area contributed by atoms with Crippen LogP contribution in [0, 0.1) is 0 Å². The number of halogens is 2. The third kappa shape index (κ3) is 2.37. The van der Waals surface area contributed by atoms with Gasteiger partial charge in [0.05, 0.1) is 18.2 Å². The molecule has 0 spiro atoms. The first kappa shape index (κ1) is 15.1. The number of methoxy groups -OCH3 is 1. The van der Waals surface area contributed by atoms with Gasteiger partial charge in [0.15, 0.2) is 5.78 Å². The third-order valence-electron chi connectivity index (χ3n) is 3.26. The molecule has 1 amide bonds. The second-order valence-electron chi connectivity index (χ2n) is 4.56. The summed E-state index contributed by atoms with van der Waals surface area (Å²) in [7, 11) is 2.98. The lowest BCUT2D eigenvalue weighted by atomic mass is 9.88. The number of rotatable bonds is 2. The lowest BCUT2D eigenvalue weighted by molar-refractivity contribution is -0.146. The van der Waals surface area contributed by atoms with Gasteiger partial charge in [0, 0.05) is 17.6 Å². The van der Waals surface area contributed by atoms with Crippen molar-refractivity contribution in [3.8, 4) is 5.75 Å². The summed E-state index contributed by atoms with van der Waals surface area (Å²) in [6.45, 7) is 1.68. The lowest BCUT2D eigenvalue weighted by Gasteiger charge is -2.34. The summed E-state index contributed by atoms with van der Waals surface area (Å²) < 4.78 is 5.22. The fourth-order valence-corrected chi connectivity index (χ4v) is 2.77. The van der Waals surface area contributed by atoms with Gasteiger partial charge in [-0.1, -0.05) is 23.2 Å². The highest BCUT2D eigenvalue weighted by Crippen LogP contribution is 2.40. The van der Waals surface area contributed by atoms with Gasteiger partial charge in [-0.25, -0.2) is 5.43 Å². The van der Waals surface area contributed by atoms with Crippen LogP contribution in [0.5, 0.6) is 5.75 Å². The number of ether oxygens (including phenoxy) is 1. The number of hydrazine groups is 1. The highest BCUT2D eigenvalue weighted by Gasteiger charge is 2.42. The van der Waals surface area contributed by atoms with Crippen molar-refractivity contribution >= 4 is 34.9 Å². The molecule has 1 fully saturated rings. The molecule has 0 saturated carbocycles. The van der Waals surface area contributed by atoms with Gasteiger partial charge in [-0.15, -0.1) is 0 Å². The van der Waals surface area contributed by atoms with E-state index in [4.69, 9.17) is 27.9 Å². The van der Waals surface area contributed by atoms with Gasteiger partial charge in [-0.3, -0.25) is 14.6 Å². The molecule has 5 nitrogen and oxygen atoms in total. The number of amides is 1. The molecule has 1 aromatic rings. The number of hydrogen-bond acceptors (Lipinski definition) is 4. The number of carbonyl (C=O) groups excluding carboxylic acids is 2. The highest BCUT2D eigenvalue weighted by atomic mass is 35.5. The maximum absolute atomic E-state index is 12.3. The number of nitrogens with zero attached hydrogens (tertiary/aromatic N) is 1. The summed E-state index contributed by atoms with van der Waals surface area (Å²) in [5, 5.41) is 1.87. The predicted molar refractivity (Wildman–Crippen MR) is 76.1 cm³/mol. The normalized spacial score (nSPS) is 23.1. The molecule has 1 aliphatic heterocycles. The van der Waals surface area contributed by atoms with Crippen LogP contribution in [0.2, 0.25) is 10.0 Å². The van der Waals surface area contributed by atoms with E-state index in [0.717, 1.165) is 0 Å². The molecule has 1 saturated heterocycles. The van der Waals surface area contributed by atoms with Gasteiger partial charge in [0.25, 0.3) is 5.91 Å². The zero-order valence-corrected chi connectivity index (χ0v) is 12.7. The Bertz CT molecular complexity index is 557. The topological polar surface area (TPSA) is 58.6 Å². The SMILES string of the molecule is COc1c(Cl)ccc(Cl)c1C1C(=O)C(C)NN(C)C1=O. The van der Waals surface area contributed by atoms with Crippen molar-refractivity contribution in [3.05, 3.63) is 27.7 Å². The Morgan fingerprint density at radius 1 is 1.25 bits per heavy atom. The average Bonchev–Trinajstić information content (AvgIpc) is 2.41. The molecule has 1 aliphatic rings. The molecule has 20 heavy (non-hydrogen) atoms. The van der Waals surface area contributed by atoms with Crippen LogP contribution in [-0.2, 0) is 9.59 Å². The van der Waals surface area contributed by atoms with Crippen molar-refractivity contribution in [1.29, 1.82) is 0 Å². The van der Waals surface area contributed by atoms with Crippen molar-refractivity contribution in [2.75, 3.05) is 14.2 Å². The molecular formula is C13H14Cl2N2O3. The van der Waals surface area contributed by atoms with E-state index in [1.54, 1.807) is 26.1 Å². The number of Topliss-reactive ketones (excluding diaryl/α,β-unsaturated/α-hetero) is 1. The summed E-state index contributed by atoms with van der Waals surface area (Å²) in [4.78, 5) is 24.6. The largest absolute Gasteiger partial charge is 0.495 e. The fraction of sp³-hybridized carbons (Fsp3) is 0.385. The molecule has 0 radical (unpaired) electrons. The van der Waals surface area contributed by atoms with Gasteiger partial charge in [-0.05, 0) is 19.1 Å². The van der Waals surface area contributed by atoms with Crippen molar-refractivity contribution in [1.82, 2.24) is 10.4 Å². The number of nitrogens with one attached hydrogen (secondary N) is 1. The van der Waals surface area contributed by atoms with Crippen LogP contribution in [-0.4, -0.2) is 36.9 Å². The van der Waals surface area contributed by atoms with E-state index in [9.17, 15) is 9.59 Å². The molecular weight excluding hydrogens is 303 g/mol. The molecule has 0 bridgehead atoms. The van der Waals surface area contributed by atoms with E-state index < -0.39 is 17.9 Å². The predicted octanol–water partition coefficient (Wildman–Crippen LogP) is 2.02. The van der Waals surface area contributed by atoms with Crippen LogP contribution in [0.3, 0.4) is 0 Å². The second kappa shape index (κ2) is 5.60. The highest BCUT2D eigenvalue weighted by molar-refractivity contribution is 6.35. The standard InChI is InChI=1S/C13H14Cl2N2O3/c1-6-11(18)10(13(19)17(2)16-6)9-7(14)4-5-8(15)12(9)20-3/h4-6,10,16H,1-3H3. The van der Waals surface area contributed by atoms with E-state index in [2.05, 4.69) is 5.43 Å². The minimum absolute atomic E-state index is 0.258. The summed E-state index contributed by atoms with van der Waals surface area (Å²) in [6, 6.07) is 2.62. The Hall–Kier alpha value is -1.30. The number of benzene rings is 1. The van der Waals surface area contributed by atoms with Crippen LogP contribution < -0.4 is 10.2 Å². The Kier molecular flexibility index (Phi) is 4.22. The van der Waals surface area contributed by atoms with E-state index in [0.29, 0.717) is 10.6 Å². The first-order valence-electron chi connectivity index (χ1n) is 5.97. The maximum Gasteiger partial charge on any atom is 0.251 e. The van der Waals surface area contributed by atoms with Gasteiger partial charge in [0.2, 0.25) is 0 Å². The molecule has 1 aromatic carbocycles. The van der Waals surface area contributed by atoms with Crippen LogP contribution >= 0.6 is 23.2 Å². The Balaban J connectivity index is 2.62. The van der Waals surface area contributed by atoms with Gasteiger partial charge < -0.3 is 4.74 Å². The fourth-order valence-electron chi connectivity index (χ4n) is 2.27. The smallest absolute Gasteiger partial charge is 0.251 e. The van der Waals surface area contributed by atoms with E-state index in [-0.39, 0.29) is 16.6 Å². The molecule has 1 N–H and O–H groups in total. The zero-order chi connectivity index (χ0) is 15.0. The summed E-state index contributed by atoms with van der Waals surface area (Å²) >= 11 is 12.2. The Morgan fingerprint density at radius 2 is 1.85 bits per heavy atom. The second-order valence-corrected chi connectivity index (χ2v) is 5.37. The van der Waals surface area contributed by atoms with Gasteiger partial charge in [-0.2, -0.15) is 0 Å². The lowest BCUT2D eigenvalue weighted by Crippen LogP contribution is -2.57. The van der Waals surface area contributed by atoms with Crippen molar-refractivity contribution in [3.63, 3.8) is 0 Å². The number of hydrogen-bond donors (Lipinski definition) is 1. The van der Waals surface area contributed by atoms with Crippen molar-refractivity contribution < 1.29 is 14.3 Å². The number of likely N-dealkylation sites (N-methyl/N-ethyl adjacent to an activating group) is 1. The molecule has 108 valence electrons. The summed E-state index contributed by atoms with van der Waals surface area (Å²) in [5.41, 5.74) is 3.08. The van der Waals surface area contributed by atoms with Gasteiger partial charge in [0.1, 0.15) is 11.7 Å².